The number of amides is 1. The lowest BCUT2D eigenvalue weighted by molar-refractivity contribution is 0.0710. The van der Waals surface area contributed by atoms with Gasteiger partial charge in [0.25, 0.3) is 5.91 Å². The zero-order valence-electron chi connectivity index (χ0n) is 17.6. The normalized spacial score (nSPS) is 16.2. The molecule has 0 radical (unpaired) electrons. The minimum absolute atomic E-state index is 0.0366. The SMILES string of the molecule is CCCCCCc1ccc(C(=O)N2CCCC2c2nc(-c3ccccc3)no2)cc1. The molecule has 1 amide bonds. The van der Waals surface area contributed by atoms with Gasteiger partial charge in [-0.2, -0.15) is 4.98 Å². The molecule has 0 aliphatic carbocycles. The largest absolute Gasteiger partial charge is 0.337 e. The van der Waals surface area contributed by atoms with E-state index in [9.17, 15) is 4.79 Å². The summed E-state index contributed by atoms with van der Waals surface area (Å²) in [7, 11) is 0. The highest BCUT2D eigenvalue weighted by atomic mass is 16.5. The Balaban J connectivity index is 1.43. The van der Waals surface area contributed by atoms with E-state index < -0.39 is 0 Å². The van der Waals surface area contributed by atoms with Crippen LogP contribution in [0.5, 0.6) is 0 Å². The van der Waals surface area contributed by atoms with Crippen molar-refractivity contribution in [2.75, 3.05) is 6.54 Å². The van der Waals surface area contributed by atoms with Crippen molar-refractivity contribution in [3.05, 3.63) is 71.6 Å². The summed E-state index contributed by atoms with van der Waals surface area (Å²) >= 11 is 0. The fraction of sp³-hybridized carbons (Fsp3) is 0.400. The third-order valence-corrected chi connectivity index (χ3v) is 5.79. The van der Waals surface area contributed by atoms with Crippen LogP contribution in [-0.4, -0.2) is 27.5 Å². The van der Waals surface area contributed by atoms with Crippen LogP contribution in [0.3, 0.4) is 0 Å². The Morgan fingerprint density at radius 1 is 1.07 bits per heavy atom. The lowest BCUT2D eigenvalue weighted by atomic mass is 10.0. The summed E-state index contributed by atoms with van der Waals surface area (Å²) in [5.74, 6) is 1.12. The molecule has 2 aromatic carbocycles. The van der Waals surface area contributed by atoms with Crippen LogP contribution >= 0.6 is 0 Å². The number of rotatable bonds is 8. The first-order valence-corrected chi connectivity index (χ1v) is 11.0. The van der Waals surface area contributed by atoms with Crippen LogP contribution in [-0.2, 0) is 6.42 Å². The Bertz CT molecular complexity index is 950. The summed E-state index contributed by atoms with van der Waals surface area (Å²) in [6.07, 6.45) is 7.86. The topological polar surface area (TPSA) is 59.2 Å². The predicted octanol–water partition coefficient (Wildman–Crippen LogP) is 5.84. The average Bonchev–Trinajstić information content (AvgIpc) is 3.47. The van der Waals surface area contributed by atoms with Crippen molar-refractivity contribution in [2.45, 2.75) is 57.9 Å². The van der Waals surface area contributed by atoms with Crippen molar-refractivity contribution in [3.63, 3.8) is 0 Å². The maximum Gasteiger partial charge on any atom is 0.254 e. The number of nitrogens with zero attached hydrogens (tertiary/aromatic N) is 3. The third-order valence-electron chi connectivity index (χ3n) is 5.79. The van der Waals surface area contributed by atoms with E-state index in [1.54, 1.807) is 0 Å². The van der Waals surface area contributed by atoms with Crippen LogP contribution in [0.2, 0.25) is 0 Å². The smallest absolute Gasteiger partial charge is 0.254 e. The predicted molar refractivity (Wildman–Crippen MR) is 117 cm³/mol. The molecule has 3 aromatic rings. The van der Waals surface area contributed by atoms with Gasteiger partial charge in [-0.1, -0.05) is 73.8 Å². The summed E-state index contributed by atoms with van der Waals surface area (Å²) in [6.45, 7) is 2.94. The maximum atomic E-state index is 13.2. The number of benzene rings is 2. The van der Waals surface area contributed by atoms with Crippen molar-refractivity contribution < 1.29 is 9.32 Å². The summed E-state index contributed by atoms with van der Waals surface area (Å²) in [5, 5.41) is 4.13. The number of likely N-dealkylation sites (tertiary alicyclic amines) is 1. The van der Waals surface area contributed by atoms with E-state index in [0.29, 0.717) is 18.3 Å². The Labute approximate surface area is 178 Å². The zero-order valence-corrected chi connectivity index (χ0v) is 17.6. The minimum atomic E-state index is -0.156. The lowest BCUT2D eigenvalue weighted by Gasteiger charge is -2.22. The van der Waals surface area contributed by atoms with Crippen LogP contribution in [0.25, 0.3) is 11.4 Å². The van der Waals surface area contributed by atoms with Crippen molar-refractivity contribution in [1.82, 2.24) is 15.0 Å². The molecular weight excluding hydrogens is 374 g/mol. The van der Waals surface area contributed by atoms with Gasteiger partial charge < -0.3 is 9.42 Å². The summed E-state index contributed by atoms with van der Waals surface area (Å²) in [5.41, 5.74) is 2.94. The molecule has 0 N–H and O–H groups in total. The molecule has 1 unspecified atom stereocenters. The number of carbonyl (C=O) groups excluding carboxylic acids is 1. The van der Waals surface area contributed by atoms with E-state index in [1.165, 1.54) is 31.2 Å². The molecule has 1 atom stereocenters. The molecule has 1 fully saturated rings. The molecule has 0 bridgehead atoms. The number of hydrogen-bond donors (Lipinski definition) is 0. The zero-order chi connectivity index (χ0) is 20.8. The molecule has 1 aliphatic rings. The van der Waals surface area contributed by atoms with Gasteiger partial charge in [-0.05, 0) is 43.4 Å². The second-order valence-corrected chi connectivity index (χ2v) is 7.99. The Kier molecular flexibility index (Phi) is 6.57. The lowest BCUT2D eigenvalue weighted by Crippen LogP contribution is -2.30. The van der Waals surface area contributed by atoms with Crippen LogP contribution in [0.15, 0.2) is 59.1 Å². The molecule has 1 aromatic heterocycles. The first-order valence-electron chi connectivity index (χ1n) is 11.0. The number of hydrogen-bond acceptors (Lipinski definition) is 4. The molecule has 5 heteroatoms. The summed E-state index contributed by atoms with van der Waals surface area (Å²) in [6, 6.07) is 17.7. The van der Waals surface area contributed by atoms with Crippen LogP contribution in [0, 0.1) is 0 Å². The quantitative estimate of drug-likeness (QED) is 0.444. The molecule has 5 nitrogen and oxygen atoms in total. The Morgan fingerprint density at radius 2 is 1.87 bits per heavy atom. The van der Waals surface area contributed by atoms with E-state index in [0.717, 1.165) is 30.4 Å². The standard InChI is InChI=1S/C25H29N3O2/c1-2-3-4-6-10-19-14-16-21(17-15-19)25(29)28-18-9-13-22(28)24-26-23(27-30-24)20-11-7-5-8-12-20/h5,7-8,11-12,14-17,22H,2-4,6,9-10,13,18H2,1H3. The van der Waals surface area contributed by atoms with Crippen LogP contribution in [0.1, 0.15) is 73.3 Å². The average molecular weight is 404 g/mol. The molecule has 4 rings (SSSR count). The first-order chi connectivity index (χ1) is 14.8. The molecule has 2 heterocycles. The number of aryl methyl sites for hydroxylation is 1. The number of aromatic nitrogens is 2. The van der Waals surface area contributed by atoms with E-state index in [-0.39, 0.29) is 11.9 Å². The van der Waals surface area contributed by atoms with E-state index >= 15 is 0 Å². The molecule has 0 saturated carbocycles. The van der Waals surface area contributed by atoms with E-state index in [2.05, 4.69) is 29.2 Å². The highest BCUT2D eigenvalue weighted by molar-refractivity contribution is 5.94. The van der Waals surface area contributed by atoms with Crippen molar-refractivity contribution >= 4 is 5.91 Å². The van der Waals surface area contributed by atoms with E-state index in [1.807, 2.05) is 47.4 Å². The van der Waals surface area contributed by atoms with Crippen molar-refractivity contribution in [2.24, 2.45) is 0 Å². The summed E-state index contributed by atoms with van der Waals surface area (Å²) < 4.78 is 5.55. The van der Waals surface area contributed by atoms with Gasteiger partial charge in [-0.3, -0.25) is 4.79 Å². The highest BCUT2D eigenvalue weighted by Crippen LogP contribution is 2.33. The molecule has 1 saturated heterocycles. The fourth-order valence-corrected chi connectivity index (χ4v) is 4.08. The fourth-order valence-electron chi connectivity index (χ4n) is 4.08. The summed E-state index contributed by atoms with van der Waals surface area (Å²) in [4.78, 5) is 19.6. The first kappa shape index (κ1) is 20.3. The van der Waals surface area contributed by atoms with Crippen LogP contribution in [0.4, 0.5) is 0 Å². The second-order valence-electron chi connectivity index (χ2n) is 7.99. The van der Waals surface area contributed by atoms with Crippen molar-refractivity contribution in [3.8, 4) is 11.4 Å². The molecule has 156 valence electrons. The number of carbonyl (C=O) groups is 1. The van der Waals surface area contributed by atoms with Gasteiger partial charge in [0.05, 0.1) is 0 Å². The van der Waals surface area contributed by atoms with Gasteiger partial charge in [0.2, 0.25) is 11.7 Å². The van der Waals surface area contributed by atoms with Crippen molar-refractivity contribution in [1.29, 1.82) is 0 Å². The Hall–Kier alpha value is -2.95. The van der Waals surface area contributed by atoms with Gasteiger partial charge in [0.15, 0.2) is 0 Å². The van der Waals surface area contributed by atoms with E-state index in [4.69, 9.17) is 4.52 Å². The molecule has 1 aliphatic heterocycles. The third kappa shape index (κ3) is 4.61. The van der Waals surface area contributed by atoms with Gasteiger partial charge in [-0.25, -0.2) is 0 Å². The Morgan fingerprint density at radius 3 is 2.63 bits per heavy atom. The molecule has 0 spiro atoms. The van der Waals surface area contributed by atoms with Gasteiger partial charge in [-0.15, -0.1) is 0 Å². The van der Waals surface area contributed by atoms with Gasteiger partial charge in [0.1, 0.15) is 6.04 Å². The minimum Gasteiger partial charge on any atom is -0.337 e. The second kappa shape index (κ2) is 9.70. The van der Waals surface area contributed by atoms with Gasteiger partial charge >= 0.3 is 0 Å². The maximum absolute atomic E-state index is 13.2. The molecular formula is C25H29N3O2. The van der Waals surface area contributed by atoms with Crippen LogP contribution < -0.4 is 0 Å². The molecule has 30 heavy (non-hydrogen) atoms. The number of unbranched alkanes of at least 4 members (excludes halogenated alkanes) is 3. The monoisotopic (exact) mass is 403 g/mol. The van der Waals surface area contributed by atoms with Gasteiger partial charge in [0, 0.05) is 17.7 Å². The highest BCUT2D eigenvalue weighted by Gasteiger charge is 2.34.